The average molecular weight is 230 g/mol. The van der Waals surface area contributed by atoms with Gasteiger partial charge in [-0.1, -0.05) is 35.3 Å². The quantitative estimate of drug-likeness (QED) is 0.778. The van der Waals surface area contributed by atoms with Crippen molar-refractivity contribution in [1.82, 2.24) is 5.32 Å². The maximum absolute atomic E-state index is 6.16. The van der Waals surface area contributed by atoms with Crippen LogP contribution in [0.2, 0.25) is 10.0 Å². The molecule has 1 fully saturated rings. The highest BCUT2D eigenvalue weighted by Gasteiger charge is 2.24. The van der Waals surface area contributed by atoms with Gasteiger partial charge in [0.25, 0.3) is 0 Å². The van der Waals surface area contributed by atoms with E-state index in [0.29, 0.717) is 17.0 Å². The van der Waals surface area contributed by atoms with Crippen molar-refractivity contribution in [3.63, 3.8) is 0 Å². The lowest BCUT2D eigenvalue weighted by Crippen LogP contribution is -2.16. The monoisotopic (exact) mass is 229 g/mol. The Morgan fingerprint density at radius 3 is 2.79 bits per heavy atom. The molecule has 1 saturated heterocycles. The third-order valence-corrected chi connectivity index (χ3v) is 3.61. The molecule has 0 saturated carbocycles. The fourth-order valence-electron chi connectivity index (χ4n) is 2.01. The molecule has 1 N–H and O–H groups in total. The number of hydrogen-bond donors (Lipinski definition) is 1. The minimum absolute atomic E-state index is 0.510. The minimum atomic E-state index is 0.510. The molecule has 0 spiro atoms. The molecular weight excluding hydrogens is 217 g/mol. The molecule has 0 bridgehead atoms. The molecule has 1 aliphatic rings. The number of nitrogens with one attached hydrogen (secondary N) is 1. The van der Waals surface area contributed by atoms with Gasteiger partial charge in [-0.05, 0) is 30.9 Å². The highest BCUT2D eigenvalue weighted by Crippen LogP contribution is 2.34. The lowest BCUT2D eigenvalue weighted by molar-refractivity contribution is 0.658. The minimum Gasteiger partial charge on any atom is -0.314 e. The van der Waals surface area contributed by atoms with E-state index < -0.39 is 0 Å². The Morgan fingerprint density at radius 1 is 1.36 bits per heavy atom. The van der Waals surface area contributed by atoms with E-state index in [1.807, 2.05) is 12.1 Å². The van der Waals surface area contributed by atoms with Crippen molar-refractivity contribution in [2.75, 3.05) is 6.54 Å². The first-order chi connectivity index (χ1) is 6.68. The van der Waals surface area contributed by atoms with Gasteiger partial charge in [0.1, 0.15) is 0 Å². The van der Waals surface area contributed by atoms with Gasteiger partial charge in [-0.15, -0.1) is 0 Å². The Balaban J connectivity index is 2.28. The van der Waals surface area contributed by atoms with Crippen LogP contribution < -0.4 is 5.32 Å². The number of hydrogen-bond acceptors (Lipinski definition) is 1. The predicted octanol–water partition coefficient (Wildman–Crippen LogP) is 3.46. The summed E-state index contributed by atoms with van der Waals surface area (Å²) in [4.78, 5) is 0. The highest BCUT2D eigenvalue weighted by atomic mass is 35.5. The van der Waals surface area contributed by atoms with E-state index in [4.69, 9.17) is 23.2 Å². The fraction of sp³-hybridized carbons (Fsp3) is 0.455. The number of rotatable bonds is 1. The molecule has 0 amide bonds. The topological polar surface area (TPSA) is 12.0 Å². The van der Waals surface area contributed by atoms with E-state index in [9.17, 15) is 0 Å². The summed E-state index contributed by atoms with van der Waals surface area (Å²) in [5.74, 6) is 0.510. The molecule has 3 heteroatoms. The molecule has 14 heavy (non-hydrogen) atoms. The van der Waals surface area contributed by atoms with Gasteiger partial charge < -0.3 is 5.32 Å². The zero-order valence-corrected chi connectivity index (χ0v) is 9.57. The van der Waals surface area contributed by atoms with Crippen molar-refractivity contribution in [2.45, 2.75) is 25.3 Å². The summed E-state index contributed by atoms with van der Waals surface area (Å²) in [5, 5.41) is 4.79. The van der Waals surface area contributed by atoms with Crippen LogP contribution in [-0.2, 0) is 0 Å². The smallest absolute Gasteiger partial charge is 0.0627 e. The van der Waals surface area contributed by atoms with Crippen molar-refractivity contribution in [3.8, 4) is 0 Å². The summed E-state index contributed by atoms with van der Waals surface area (Å²) in [6.45, 7) is 3.19. The van der Waals surface area contributed by atoms with Crippen LogP contribution in [0, 0.1) is 0 Å². The van der Waals surface area contributed by atoms with E-state index in [-0.39, 0.29) is 0 Å². The van der Waals surface area contributed by atoms with Crippen LogP contribution in [0.15, 0.2) is 18.2 Å². The summed E-state index contributed by atoms with van der Waals surface area (Å²) in [7, 11) is 0. The lowest BCUT2D eigenvalue weighted by Gasteiger charge is -2.11. The van der Waals surface area contributed by atoms with E-state index in [2.05, 4.69) is 18.3 Å². The predicted molar refractivity (Wildman–Crippen MR) is 61.3 cm³/mol. The summed E-state index contributed by atoms with van der Waals surface area (Å²) < 4.78 is 0. The standard InChI is InChI=1S/C11H13Cl2N/c1-7-5-8(6-14-7)9-3-2-4-10(12)11(9)13/h2-4,7-8,14H,5-6H2,1H3. The second-order valence-electron chi connectivity index (χ2n) is 3.88. The molecule has 2 atom stereocenters. The lowest BCUT2D eigenvalue weighted by atomic mass is 9.97. The molecule has 76 valence electrons. The molecule has 2 unspecified atom stereocenters. The van der Waals surface area contributed by atoms with E-state index in [1.165, 1.54) is 5.56 Å². The first kappa shape index (κ1) is 10.3. The molecule has 0 aliphatic carbocycles. The van der Waals surface area contributed by atoms with Crippen LogP contribution in [0.3, 0.4) is 0 Å². The Labute approximate surface area is 94.4 Å². The first-order valence-corrected chi connectivity index (χ1v) is 5.61. The first-order valence-electron chi connectivity index (χ1n) is 4.85. The normalized spacial score (nSPS) is 26.8. The van der Waals surface area contributed by atoms with E-state index in [1.54, 1.807) is 0 Å². The van der Waals surface area contributed by atoms with Crippen LogP contribution in [0.25, 0.3) is 0 Å². The van der Waals surface area contributed by atoms with Gasteiger partial charge in [-0.25, -0.2) is 0 Å². The third kappa shape index (κ3) is 1.90. The van der Waals surface area contributed by atoms with Crippen molar-refractivity contribution < 1.29 is 0 Å². The van der Waals surface area contributed by atoms with Gasteiger partial charge in [-0.2, -0.15) is 0 Å². The maximum atomic E-state index is 6.16. The van der Waals surface area contributed by atoms with E-state index in [0.717, 1.165) is 18.0 Å². The third-order valence-electron chi connectivity index (χ3n) is 2.77. The molecule has 1 heterocycles. The van der Waals surface area contributed by atoms with Gasteiger partial charge in [-0.3, -0.25) is 0 Å². The van der Waals surface area contributed by atoms with Crippen LogP contribution in [0.4, 0.5) is 0 Å². The number of benzene rings is 1. The fourth-order valence-corrected chi connectivity index (χ4v) is 2.47. The second kappa shape index (κ2) is 4.09. The SMILES string of the molecule is CC1CC(c2cccc(Cl)c2Cl)CN1. The van der Waals surface area contributed by atoms with Gasteiger partial charge in [0.05, 0.1) is 10.0 Å². The van der Waals surface area contributed by atoms with E-state index >= 15 is 0 Å². The number of halogens is 2. The van der Waals surface area contributed by atoms with Crippen LogP contribution in [-0.4, -0.2) is 12.6 Å². The van der Waals surface area contributed by atoms with Gasteiger partial charge >= 0.3 is 0 Å². The Bertz CT molecular complexity index is 338. The molecular formula is C11H13Cl2N. The maximum Gasteiger partial charge on any atom is 0.0627 e. The van der Waals surface area contributed by atoms with Crippen molar-refractivity contribution in [2.24, 2.45) is 0 Å². The van der Waals surface area contributed by atoms with Crippen LogP contribution in [0.1, 0.15) is 24.8 Å². The van der Waals surface area contributed by atoms with Crippen LogP contribution >= 0.6 is 23.2 Å². The van der Waals surface area contributed by atoms with Crippen molar-refractivity contribution in [3.05, 3.63) is 33.8 Å². The molecule has 1 aromatic rings. The van der Waals surface area contributed by atoms with Gasteiger partial charge in [0.2, 0.25) is 0 Å². The average Bonchev–Trinajstić information content (AvgIpc) is 2.57. The van der Waals surface area contributed by atoms with Gasteiger partial charge in [0.15, 0.2) is 0 Å². The highest BCUT2D eigenvalue weighted by molar-refractivity contribution is 6.42. The zero-order chi connectivity index (χ0) is 10.1. The molecule has 1 aliphatic heterocycles. The van der Waals surface area contributed by atoms with Crippen molar-refractivity contribution in [1.29, 1.82) is 0 Å². The molecule has 2 rings (SSSR count). The van der Waals surface area contributed by atoms with Crippen molar-refractivity contribution >= 4 is 23.2 Å². The molecule has 0 aromatic heterocycles. The Kier molecular flexibility index (Phi) is 3.01. The summed E-state index contributed by atoms with van der Waals surface area (Å²) in [6.07, 6.45) is 1.14. The largest absolute Gasteiger partial charge is 0.314 e. The zero-order valence-electron chi connectivity index (χ0n) is 8.06. The second-order valence-corrected chi connectivity index (χ2v) is 4.67. The van der Waals surface area contributed by atoms with Crippen LogP contribution in [0.5, 0.6) is 0 Å². The Hall–Kier alpha value is -0.240. The van der Waals surface area contributed by atoms with Gasteiger partial charge in [0, 0.05) is 12.6 Å². The summed E-state index contributed by atoms with van der Waals surface area (Å²) in [5.41, 5.74) is 1.18. The molecule has 1 aromatic carbocycles. The molecule has 0 radical (unpaired) electrons. The summed E-state index contributed by atoms with van der Waals surface area (Å²) >= 11 is 12.1. The Morgan fingerprint density at radius 2 is 2.14 bits per heavy atom. The summed E-state index contributed by atoms with van der Waals surface area (Å²) in [6, 6.07) is 6.44. The molecule has 1 nitrogen and oxygen atoms in total.